The van der Waals surface area contributed by atoms with E-state index in [9.17, 15) is 4.79 Å². The molecule has 0 aromatic heterocycles. The van der Waals surface area contributed by atoms with E-state index in [1.165, 1.54) is 16.7 Å². The maximum Gasteiger partial charge on any atom is 0.176 e. The van der Waals surface area contributed by atoms with Crippen LogP contribution in [-0.4, -0.2) is 17.2 Å². The van der Waals surface area contributed by atoms with Crippen molar-refractivity contribution < 1.29 is 4.79 Å². The first-order chi connectivity index (χ1) is 10.1. The SMILES string of the molecule is CC(C)c1ccc(C(=O)CN2Cc3ccccc3C2)cc1. The number of nitrogens with zero attached hydrogens (tertiary/aromatic N) is 1. The van der Waals surface area contributed by atoms with Crippen molar-refractivity contribution in [2.75, 3.05) is 6.54 Å². The van der Waals surface area contributed by atoms with E-state index in [4.69, 9.17) is 0 Å². The number of carbonyl (C=O) groups excluding carboxylic acids is 1. The molecular weight excluding hydrogens is 258 g/mol. The lowest BCUT2D eigenvalue weighted by molar-refractivity contribution is 0.0929. The van der Waals surface area contributed by atoms with Crippen LogP contribution in [0.5, 0.6) is 0 Å². The van der Waals surface area contributed by atoms with E-state index in [0.29, 0.717) is 12.5 Å². The summed E-state index contributed by atoms with van der Waals surface area (Å²) in [6.45, 7) is 6.59. The lowest BCUT2D eigenvalue weighted by Crippen LogP contribution is -2.24. The summed E-state index contributed by atoms with van der Waals surface area (Å²) < 4.78 is 0. The van der Waals surface area contributed by atoms with Gasteiger partial charge in [0.1, 0.15) is 0 Å². The summed E-state index contributed by atoms with van der Waals surface area (Å²) in [7, 11) is 0. The van der Waals surface area contributed by atoms with Crippen molar-refractivity contribution in [2.45, 2.75) is 32.9 Å². The van der Waals surface area contributed by atoms with Gasteiger partial charge in [0.05, 0.1) is 6.54 Å². The summed E-state index contributed by atoms with van der Waals surface area (Å²) in [6.07, 6.45) is 0. The molecule has 0 unspecified atom stereocenters. The Hall–Kier alpha value is -1.93. The quantitative estimate of drug-likeness (QED) is 0.788. The van der Waals surface area contributed by atoms with Crippen LogP contribution in [0.25, 0.3) is 0 Å². The largest absolute Gasteiger partial charge is 0.293 e. The minimum Gasteiger partial charge on any atom is -0.293 e. The van der Waals surface area contributed by atoms with Crippen LogP contribution in [-0.2, 0) is 13.1 Å². The van der Waals surface area contributed by atoms with Crippen molar-refractivity contribution in [1.82, 2.24) is 4.90 Å². The molecule has 0 bridgehead atoms. The van der Waals surface area contributed by atoms with Gasteiger partial charge in [-0.05, 0) is 22.6 Å². The summed E-state index contributed by atoms with van der Waals surface area (Å²) >= 11 is 0. The molecule has 1 heterocycles. The van der Waals surface area contributed by atoms with Crippen LogP contribution < -0.4 is 0 Å². The second kappa shape index (κ2) is 5.82. The van der Waals surface area contributed by atoms with Gasteiger partial charge < -0.3 is 0 Å². The van der Waals surface area contributed by atoms with Crippen molar-refractivity contribution in [3.05, 3.63) is 70.8 Å². The zero-order valence-corrected chi connectivity index (χ0v) is 12.7. The molecular formula is C19H21NO. The van der Waals surface area contributed by atoms with Gasteiger partial charge in [0, 0.05) is 18.7 Å². The zero-order chi connectivity index (χ0) is 14.8. The van der Waals surface area contributed by atoms with E-state index in [1.54, 1.807) is 0 Å². The minimum atomic E-state index is 0.207. The maximum absolute atomic E-state index is 12.4. The molecule has 2 nitrogen and oxygen atoms in total. The Morgan fingerprint density at radius 3 is 2.10 bits per heavy atom. The summed E-state index contributed by atoms with van der Waals surface area (Å²) in [5, 5.41) is 0. The van der Waals surface area contributed by atoms with Gasteiger partial charge in [-0.25, -0.2) is 0 Å². The molecule has 1 aliphatic heterocycles. The standard InChI is InChI=1S/C19H21NO/c1-14(2)15-7-9-16(10-8-15)19(21)13-20-11-17-5-3-4-6-18(17)12-20/h3-10,14H,11-13H2,1-2H3. The van der Waals surface area contributed by atoms with Crippen molar-refractivity contribution in [3.8, 4) is 0 Å². The molecule has 0 atom stereocenters. The molecule has 108 valence electrons. The third-order valence-corrected chi connectivity index (χ3v) is 4.17. The summed E-state index contributed by atoms with van der Waals surface area (Å²) in [6, 6.07) is 16.5. The fourth-order valence-corrected chi connectivity index (χ4v) is 2.86. The Morgan fingerprint density at radius 1 is 1.00 bits per heavy atom. The first-order valence-corrected chi connectivity index (χ1v) is 7.56. The Balaban J connectivity index is 1.65. The van der Waals surface area contributed by atoms with Crippen molar-refractivity contribution in [1.29, 1.82) is 0 Å². The van der Waals surface area contributed by atoms with Gasteiger partial charge in [-0.1, -0.05) is 62.4 Å². The summed E-state index contributed by atoms with van der Waals surface area (Å²) in [5.74, 6) is 0.709. The minimum absolute atomic E-state index is 0.207. The number of ketones is 1. The lowest BCUT2D eigenvalue weighted by atomic mass is 10.0. The average molecular weight is 279 g/mol. The molecule has 0 N–H and O–H groups in total. The van der Waals surface area contributed by atoms with Crippen LogP contribution in [0.4, 0.5) is 0 Å². The van der Waals surface area contributed by atoms with Crippen LogP contribution in [0.2, 0.25) is 0 Å². The molecule has 0 aliphatic carbocycles. The highest BCUT2D eigenvalue weighted by atomic mass is 16.1. The molecule has 3 rings (SSSR count). The van der Waals surface area contributed by atoms with Gasteiger partial charge in [-0.2, -0.15) is 0 Å². The molecule has 21 heavy (non-hydrogen) atoms. The number of benzene rings is 2. The average Bonchev–Trinajstić information content (AvgIpc) is 2.89. The maximum atomic E-state index is 12.4. The molecule has 0 saturated carbocycles. The first kappa shape index (κ1) is 14.0. The Labute approximate surface area is 126 Å². The monoisotopic (exact) mass is 279 g/mol. The molecule has 2 heteroatoms. The van der Waals surface area contributed by atoms with Crippen molar-refractivity contribution >= 4 is 5.78 Å². The molecule has 1 aliphatic rings. The number of Topliss-reactive ketones (excluding diaryl/α,β-unsaturated/α-hetero) is 1. The van der Waals surface area contributed by atoms with Gasteiger partial charge in [0.15, 0.2) is 5.78 Å². The van der Waals surface area contributed by atoms with Crippen LogP contribution in [0, 0.1) is 0 Å². The van der Waals surface area contributed by atoms with Gasteiger partial charge in [0.25, 0.3) is 0 Å². The fraction of sp³-hybridized carbons (Fsp3) is 0.316. The highest BCUT2D eigenvalue weighted by Gasteiger charge is 2.20. The number of hydrogen-bond acceptors (Lipinski definition) is 2. The number of hydrogen-bond donors (Lipinski definition) is 0. The predicted octanol–water partition coefficient (Wildman–Crippen LogP) is 4.01. The van der Waals surface area contributed by atoms with Gasteiger partial charge in [-0.3, -0.25) is 9.69 Å². The summed E-state index contributed by atoms with van der Waals surface area (Å²) in [5.41, 5.74) is 4.79. The Kier molecular flexibility index (Phi) is 3.89. The van der Waals surface area contributed by atoms with Crippen LogP contribution >= 0.6 is 0 Å². The second-order valence-corrected chi connectivity index (χ2v) is 6.11. The normalized spacial score (nSPS) is 14.4. The van der Waals surface area contributed by atoms with E-state index in [0.717, 1.165) is 18.7 Å². The van der Waals surface area contributed by atoms with Gasteiger partial charge in [0.2, 0.25) is 0 Å². The van der Waals surface area contributed by atoms with Crippen LogP contribution in [0.3, 0.4) is 0 Å². The second-order valence-electron chi connectivity index (χ2n) is 6.11. The smallest absolute Gasteiger partial charge is 0.176 e. The van der Waals surface area contributed by atoms with Crippen LogP contribution in [0.15, 0.2) is 48.5 Å². The topological polar surface area (TPSA) is 20.3 Å². The van der Waals surface area contributed by atoms with E-state index in [1.807, 2.05) is 12.1 Å². The number of carbonyl (C=O) groups is 1. The molecule has 0 amide bonds. The zero-order valence-electron chi connectivity index (χ0n) is 12.7. The molecule has 0 fully saturated rings. The van der Waals surface area contributed by atoms with Crippen molar-refractivity contribution in [3.63, 3.8) is 0 Å². The van der Waals surface area contributed by atoms with Crippen LogP contribution in [0.1, 0.15) is 46.8 Å². The first-order valence-electron chi connectivity index (χ1n) is 7.56. The third-order valence-electron chi connectivity index (χ3n) is 4.17. The predicted molar refractivity (Wildman–Crippen MR) is 85.4 cm³/mol. The van der Waals surface area contributed by atoms with E-state index in [-0.39, 0.29) is 5.78 Å². The molecule has 0 saturated heterocycles. The van der Waals surface area contributed by atoms with Gasteiger partial charge in [-0.15, -0.1) is 0 Å². The molecule has 0 radical (unpaired) electrons. The fourth-order valence-electron chi connectivity index (χ4n) is 2.86. The van der Waals surface area contributed by atoms with Crippen molar-refractivity contribution in [2.24, 2.45) is 0 Å². The van der Waals surface area contributed by atoms with E-state index in [2.05, 4.69) is 55.1 Å². The lowest BCUT2D eigenvalue weighted by Gasteiger charge is -2.14. The van der Waals surface area contributed by atoms with Gasteiger partial charge >= 0.3 is 0 Å². The third kappa shape index (κ3) is 3.06. The van der Waals surface area contributed by atoms with E-state index >= 15 is 0 Å². The molecule has 2 aromatic carbocycles. The highest BCUT2D eigenvalue weighted by molar-refractivity contribution is 5.97. The highest BCUT2D eigenvalue weighted by Crippen LogP contribution is 2.22. The molecule has 0 spiro atoms. The molecule has 2 aromatic rings. The Morgan fingerprint density at radius 2 is 1.57 bits per heavy atom. The van der Waals surface area contributed by atoms with E-state index < -0.39 is 0 Å². The number of rotatable bonds is 4. The summed E-state index contributed by atoms with van der Waals surface area (Å²) in [4.78, 5) is 14.6. The Bertz CT molecular complexity index is 618. The number of fused-ring (bicyclic) bond motifs is 1.